The van der Waals surface area contributed by atoms with E-state index >= 15 is 0 Å². The fourth-order valence-corrected chi connectivity index (χ4v) is 3.46. The Labute approximate surface area is 182 Å². The Bertz CT molecular complexity index is 1140. The summed E-state index contributed by atoms with van der Waals surface area (Å²) in [5.74, 6) is -1.01. The van der Waals surface area contributed by atoms with Crippen LogP contribution < -0.4 is 10.6 Å². The highest BCUT2D eigenvalue weighted by Gasteiger charge is 2.20. The van der Waals surface area contributed by atoms with Crippen LogP contribution in [0.25, 0.3) is 0 Å². The van der Waals surface area contributed by atoms with Gasteiger partial charge in [-0.1, -0.05) is 54.1 Å². The molecule has 0 radical (unpaired) electrons. The van der Waals surface area contributed by atoms with E-state index in [1.165, 1.54) is 0 Å². The molecular weight excluding hydrogens is 388 g/mol. The second kappa shape index (κ2) is 9.39. The summed E-state index contributed by atoms with van der Waals surface area (Å²) in [7, 11) is 0. The highest BCUT2D eigenvalue weighted by atomic mass is 16.2. The van der Waals surface area contributed by atoms with Gasteiger partial charge in [0.2, 0.25) is 5.91 Å². The van der Waals surface area contributed by atoms with Crippen molar-refractivity contribution in [2.75, 3.05) is 11.9 Å². The van der Waals surface area contributed by atoms with Gasteiger partial charge in [-0.3, -0.25) is 14.4 Å². The van der Waals surface area contributed by atoms with Gasteiger partial charge in [0, 0.05) is 16.8 Å². The molecule has 31 heavy (non-hydrogen) atoms. The molecule has 0 aromatic heterocycles. The molecule has 0 saturated heterocycles. The summed E-state index contributed by atoms with van der Waals surface area (Å²) < 4.78 is 0. The van der Waals surface area contributed by atoms with E-state index in [9.17, 15) is 14.4 Å². The third-order valence-corrected chi connectivity index (χ3v) is 5.21. The molecule has 3 aromatic carbocycles. The van der Waals surface area contributed by atoms with Gasteiger partial charge in [-0.05, 0) is 56.5 Å². The van der Waals surface area contributed by atoms with E-state index in [1.807, 2.05) is 64.1 Å². The van der Waals surface area contributed by atoms with Crippen LogP contribution in [0.3, 0.4) is 0 Å². The van der Waals surface area contributed by atoms with Crippen LogP contribution in [0, 0.1) is 27.7 Å². The summed E-state index contributed by atoms with van der Waals surface area (Å²) in [6.07, 6.45) is 0. The molecule has 0 bridgehead atoms. The predicted octanol–water partition coefficient (Wildman–Crippen LogP) is 4.52. The number of hydrogen-bond acceptors (Lipinski definition) is 3. The minimum absolute atomic E-state index is 0.196. The fourth-order valence-electron chi connectivity index (χ4n) is 3.46. The molecular formula is C26H26N2O3. The quantitative estimate of drug-likeness (QED) is 0.583. The molecule has 0 aliphatic heterocycles. The third-order valence-electron chi connectivity index (χ3n) is 5.21. The number of para-hydroxylation sites is 1. The van der Waals surface area contributed by atoms with E-state index in [2.05, 4.69) is 10.6 Å². The Morgan fingerprint density at radius 2 is 1.35 bits per heavy atom. The minimum Gasteiger partial charge on any atom is -0.343 e. The van der Waals surface area contributed by atoms with Crippen molar-refractivity contribution < 1.29 is 14.4 Å². The van der Waals surface area contributed by atoms with Gasteiger partial charge in [0.25, 0.3) is 5.91 Å². The van der Waals surface area contributed by atoms with Crippen molar-refractivity contribution >= 4 is 23.3 Å². The maximum Gasteiger partial charge on any atom is 0.252 e. The maximum atomic E-state index is 13.1. The number of aryl methyl sites for hydroxylation is 4. The lowest BCUT2D eigenvalue weighted by atomic mass is 9.94. The largest absolute Gasteiger partial charge is 0.343 e. The summed E-state index contributed by atoms with van der Waals surface area (Å²) >= 11 is 0. The van der Waals surface area contributed by atoms with Crippen LogP contribution in [0.2, 0.25) is 0 Å². The molecule has 3 aromatic rings. The van der Waals surface area contributed by atoms with Crippen molar-refractivity contribution in [3.63, 3.8) is 0 Å². The van der Waals surface area contributed by atoms with Gasteiger partial charge in [0.15, 0.2) is 5.78 Å². The molecule has 0 heterocycles. The first-order valence-corrected chi connectivity index (χ1v) is 10.1. The summed E-state index contributed by atoms with van der Waals surface area (Å²) in [4.78, 5) is 38.3. The second-order valence-corrected chi connectivity index (χ2v) is 7.69. The summed E-state index contributed by atoms with van der Waals surface area (Å²) in [5.41, 5.74) is 5.57. The monoisotopic (exact) mass is 414 g/mol. The molecule has 3 rings (SSSR count). The van der Waals surface area contributed by atoms with Crippen LogP contribution in [-0.4, -0.2) is 24.1 Å². The average Bonchev–Trinajstić information content (AvgIpc) is 2.76. The van der Waals surface area contributed by atoms with Gasteiger partial charge in [0.05, 0.1) is 12.1 Å². The number of ketones is 1. The lowest BCUT2D eigenvalue weighted by Gasteiger charge is -2.13. The lowest BCUT2D eigenvalue weighted by molar-refractivity contribution is -0.115. The van der Waals surface area contributed by atoms with Crippen LogP contribution in [-0.2, 0) is 4.79 Å². The first kappa shape index (κ1) is 22.0. The van der Waals surface area contributed by atoms with Crippen molar-refractivity contribution in [2.24, 2.45) is 0 Å². The van der Waals surface area contributed by atoms with Crippen molar-refractivity contribution in [3.8, 4) is 0 Å². The molecule has 0 fully saturated rings. The molecule has 0 aliphatic carbocycles. The highest BCUT2D eigenvalue weighted by molar-refractivity contribution is 6.16. The third kappa shape index (κ3) is 5.07. The molecule has 5 nitrogen and oxygen atoms in total. The summed E-state index contributed by atoms with van der Waals surface area (Å²) in [6.45, 7) is 7.42. The van der Waals surface area contributed by atoms with E-state index in [1.54, 1.807) is 24.3 Å². The van der Waals surface area contributed by atoms with Gasteiger partial charge < -0.3 is 10.6 Å². The first-order valence-electron chi connectivity index (χ1n) is 10.1. The van der Waals surface area contributed by atoms with Crippen molar-refractivity contribution in [3.05, 3.63) is 99.6 Å². The number of amides is 2. The number of benzene rings is 3. The van der Waals surface area contributed by atoms with Crippen LogP contribution in [0.4, 0.5) is 5.69 Å². The van der Waals surface area contributed by atoms with Gasteiger partial charge in [0.1, 0.15) is 0 Å². The Hall–Kier alpha value is -3.73. The molecule has 2 N–H and O–H groups in total. The summed E-state index contributed by atoms with van der Waals surface area (Å²) in [6, 6.07) is 18.1. The molecule has 0 unspecified atom stereocenters. The molecule has 5 heteroatoms. The zero-order valence-electron chi connectivity index (χ0n) is 18.2. The van der Waals surface area contributed by atoms with Crippen LogP contribution >= 0.6 is 0 Å². The zero-order valence-corrected chi connectivity index (χ0v) is 18.2. The zero-order chi connectivity index (χ0) is 22.5. The normalized spacial score (nSPS) is 10.5. The van der Waals surface area contributed by atoms with Crippen molar-refractivity contribution in [2.45, 2.75) is 27.7 Å². The van der Waals surface area contributed by atoms with Crippen LogP contribution in [0.15, 0.2) is 60.7 Å². The molecule has 0 spiro atoms. The van der Waals surface area contributed by atoms with Crippen molar-refractivity contribution in [1.29, 1.82) is 0 Å². The van der Waals surface area contributed by atoms with E-state index in [-0.39, 0.29) is 23.8 Å². The van der Waals surface area contributed by atoms with Crippen LogP contribution in [0.5, 0.6) is 0 Å². The minimum atomic E-state index is -0.467. The smallest absolute Gasteiger partial charge is 0.252 e. The molecule has 158 valence electrons. The Morgan fingerprint density at radius 1 is 0.710 bits per heavy atom. The Morgan fingerprint density at radius 3 is 2.03 bits per heavy atom. The lowest BCUT2D eigenvalue weighted by Crippen LogP contribution is -2.34. The molecule has 0 aliphatic rings. The topological polar surface area (TPSA) is 75.3 Å². The average molecular weight is 415 g/mol. The number of anilines is 1. The second-order valence-electron chi connectivity index (χ2n) is 7.69. The molecule has 2 amide bonds. The number of nitrogens with one attached hydrogen (secondary N) is 2. The van der Waals surface area contributed by atoms with Crippen LogP contribution in [0.1, 0.15) is 48.5 Å². The fraction of sp³-hybridized carbons (Fsp3) is 0.192. The summed E-state index contributed by atoms with van der Waals surface area (Å²) in [5, 5.41) is 5.47. The van der Waals surface area contributed by atoms with Gasteiger partial charge >= 0.3 is 0 Å². The predicted molar refractivity (Wildman–Crippen MR) is 123 cm³/mol. The highest BCUT2D eigenvalue weighted by Crippen LogP contribution is 2.20. The number of hydrogen-bond donors (Lipinski definition) is 2. The molecule has 0 saturated carbocycles. The van der Waals surface area contributed by atoms with E-state index in [0.717, 1.165) is 27.9 Å². The first-order chi connectivity index (χ1) is 14.8. The van der Waals surface area contributed by atoms with Gasteiger partial charge in [-0.2, -0.15) is 0 Å². The van der Waals surface area contributed by atoms with E-state index in [0.29, 0.717) is 11.1 Å². The number of carbonyl (C=O) groups excluding carboxylic acids is 3. The van der Waals surface area contributed by atoms with E-state index < -0.39 is 5.91 Å². The van der Waals surface area contributed by atoms with E-state index in [4.69, 9.17) is 0 Å². The Kier molecular flexibility index (Phi) is 6.65. The van der Waals surface area contributed by atoms with Crippen molar-refractivity contribution in [1.82, 2.24) is 5.32 Å². The van der Waals surface area contributed by atoms with Gasteiger partial charge in [-0.25, -0.2) is 0 Å². The van der Waals surface area contributed by atoms with Gasteiger partial charge in [-0.15, -0.1) is 0 Å². The SMILES string of the molecule is Cc1ccc(C)c(C(=O)c2ccccc2C(=O)NCC(=O)Nc2c(C)cccc2C)c1. The molecule has 0 atom stereocenters. The maximum absolute atomic E-state index is 13.1. The standard InChI is InChI=1S/C26H26N2O3/c1-16-12-13-17(2)22(14-16)25(30)20-10-5-6-11-21(20)26(31)27-15-23(29)28-24-18(3)8-7-9-19(24)4/h5-14H,15H2,1-4H3,(H,27,31)(H,28,29). The number of carbonyl (C=O) groups is 3. The number of rotatable bonds is 6. The Balaban J connectivity index is 1.75.